The molecule has 1 aromatic rings. The van der Waals surface area contributed by atoms with Gasteiger partial charge in [0.05, 0.1) is 5.92 Å². The Bertz CT molecular complexity index is 499. The van der Waals surface area contributed by atoms with Crippen LogP contribution in [0.25, 0.3) is 0 Å². The molecule has 1 aromatic carbocycles. The highest BCUT2D eigenvalue weighted by Gasteiger charge is 2.31. The van der Waals surface area contributed by atoms with Gasteiger partial charge in [0.25, 0.3) is 0 Å². The van der Waals surface area contributed by atoms with Crippen molar-refractivity contribution in [3.8, 4) is 0 Å². The lowest BCUT2D eigenvalue weighted by molar-refractivity contribution is -0.139. The van der Waals surface area contributed by atoms with Crippen molar-refractivity contribution in [3.05, 3.63) is 34.3 Å². The van der Waals surface area contributed by atoms with E-state index >= 15 is 0 Å². The molecule has 2 saturated heterocycles. The fourth-order valence-electron chi connectivity index (χ4n) is 3.00. The molecule has 22 heavy (non-hydrogen) atoms. The molecule has 3 rings (SSSR count). The lowest BCUT2D eigenvalue weighted by atomic mass is 10.0. The van der Waals surface area contributed by atoms with E-state index in [0.717, 1.165) is 43.7 Å². The van der Waals surface area contributed by atoms with Crippen molar-refractivity contribution in [2.75, 3.05) is 39.3 Å². The Morgan fingerprint density at radius 1 is 1.18 bits per heavy atom. The molecule has 4 nitrogen and oxygen atoms in total. The summed E-state index contributed by atoms with van der Waals surface area (Å²) in [4.78, 5) is 16.7. The normalized spacial score (nSPS) is 20.9. The Kier molecular flexibility index (Phi) is 6.26. The van der Waals surface area contributed by atoms with Crippen LogP contribution in [-0.4, -0.2) is 55.0 Å². The quantitative estimate of drug-likeness (QED) is 0.863. The Labute approximate surface area is 146 Å². The highest BCUT2D eigenvalue weighted by molar-refractivity contribution is 9.10. The van der Waals surface area contributed by atoms with Crippen LogP contribution in [0.2, 0.25) is 0 Å². The number of carbonyl (C=O) groups is 1. The van der Waals surface area contributed by atoms with Crippen molar-refractivity contribution >= 4 is 34.2 Å². The number of benzene rings is 1. The predicted octanol–water partition coefficient (Wildman–Crippen LogP) is 2.30. The lowest BCUT2D eigenvalue weighted by Gasteiger charge is -2.40. The maximum Gasteiger partial charge on any atom is 0.228 e. The summed E-state index contributed by atoms with van der Waals surface area (Å²) in [6, 6.07) is 8.93. The predicted molar refractivity (Wildman–Crippen MR) is 94.3 cm³/mol. The summed E-state index contributed by atoms with van der Waals surface area (Å²) in [6.45, 7) is 7.60. The number of carbonyl (C=O) groups excluding carboxylic acids is 1. The van der Waals surface area contributed by atoms with Crippen LogP contribution in [0, 0.1) is 5.92 Å². The van der Waals surface area contributed by atoms with Crippen molar-refractivity contribution in [1.82, 2.24) is 15.1 Å². The summed E-state index contributed by atoms with van der Waals surface area (Å²) < 4.78 is 1.11. The first-order valence-electron chi connectivity index (χ1n) is 7.64. The van der Waals surface area contributed by atoms with Crippen molar-refractivity contribution < 1.29 is 4.79 Å². The molecule has 122 valence electrons. The van der Waals surface area contributed by atoms with Gasteiger partial charge in [-0.25, -0.2) is 0 Å². The third kappa shape index (κ3) is 3.82. The van der Waals surface area contributed by atoms with Gasteiger partial charge in [-0.3, -0.25) is 9.69 Å². The molecule has 1 amide bonds. The Balaban J connectivity index is 0.00000176. The number of halogens is 2. The molecule has 0 saturated carbocycles. The fourth-order valence-corrected chi connectivity index (χ4v) is 3.27. The van der Waals surface area contributed by atoms with Gasteiger partial charge in [0, 0.05) is 49.8 Å². The average molecular weight is 389 g/mol. The molecular formula is C16H23BrClN3O. The molecule has 0 aromatic heterocycles. The van der Waals surface area contributed by atoms with E-state index in [0.29, 0.717) is 11.9 Å². The molecule has 2 aliphatic rings. The summed E-state index contributed by atoms with van der Waals surface area (Å²) in [5.41, 5.74) is 1.33. The van der Waals surface area contributed by atoms with E-state index in [9.17, 15) is 4.79 Å². The van der Waals surface area contributed by atoms with Gasteiger partial charge in [-0.15, -0.1) is 12.4 Å². The molecule has 1 unspecified atom stereocenters. The Morgan fingerprint density at radius 3 is 2.27 bits per heavy atom. The maximum absolute atomic E-state index is 12.2. The monoisotopic (exact) mass is 387 g/mol. The lowest BCUT2D eigenvalue weighted by Crippen LogP contribution is -2.56. The summed E-state index contributed by atoms with van der Waals surface area (Å²) in [5, 5.41) is 3.17. The first-order valence-corrected chi connectivity index (χ1v) is 8.43. The number of rotatable bonds is 3. The van der Waals surface area contributed by atoms with E-state index < -0.39 is 0 Å². The molecule has 0 spiro atoms. The van der Waals surface area contributed by atoms with Crippen LogP contribution in [0.3, 0.4) is 0 Å². The van der Waals surface area contributed by atoms with Gasteiger partial charge in [0.1, 0.15) is 0 Å². The Hall–Kier alpha value is -0.620. The van der Waals surface area contributed by atoms with Crippen molar-refractivity contribution in [3.63, 3.8) is 0 Å². The SMILES string of the molecule is CC(c1ccc(Br)cc1)N1CCN(C(=O)C2CNC2)CC1.Cl. The zero-order valence-corrected chi connectivity index (χ0v) is 15.2. The molecule has 2 heterocycles. The van der Waals surface area contributed by atoms with E-state index in [4.69, 9.17) is 0 Å². The highest BCUT2D eigenvalue weighted by atomic mass is 79.9. The van der Waals surface area contributed by atoms with Gasteiger partial charge in [-0.2, -0.15) is 0 Å². The smallest absolute Gasteiger partial charge is 0.228 e. The summed E-state index contributed by atoms with van der Waals surface area (Å²) in [7, 11) is 0. The first-order chi connectivity index (χ1) is 10.1. The minimum absolute atomic E-state index is 0. The largest absolute Gasteiger partial charge is 0.340 e. The van der Waals surface area contributed by atoms with Gasteiger partial charge in [0.2, 0.25) is 5.91 Å². The number of hydrogen-bond acceptors (Lipinski definition) is 3. The second-order valence-electron chi connectivity index (χ2n) is 5.94. The molecule has 0 aliphatic carbocycles. The number of amides is 1. The van der Waals surface area contributed by atoms with Crippen LogP contribution in [0.15, 0.2) is 28.7 Å². The van der Waals surface area contributed by atoms with Gasteiger partial charge in [0.15, 0.2) is 0 Å². The maximum atomic E-state index is 12.2. The standard InChI is InChI=1S/C16H22BrN3O.ClH/c1-12(13-2-4-15(17)5-3-13)19-6-8-20(9-7-19)16(21)14-10-18-11-14;/h2-5,12,14,18H,6-11H2,1H3;1H. The van der Waals surface area contributed by atoms with Crippen LogP contribution in [0.5, 0.6) is 0 Å². The second kappa shape index (κ2) is 7.77. The number of nitrogens with one attached hydrogen (secondary N) is 1. The zero-order chi connectivity index (χ0) is 14.8. The van der Waals surface area contributed by atoms with E-state index in [1.54, 1.807) is 0 Å². The number of hydrogen-bond donors (Lipinski definition) is 1. The van der Waals surface area contributed by atoms with Gasteiger partial charge in [-0.1, -0.05) is 28.1 Å². The fraction of sp³-hybridized carbons (Fsp3) is 0.562. The minimum Gasteiger partial charge on any atom is -0.340 e. The first kappa shape index (κ1) is 17.7. The van der Waals surface area contributed by atoms with Crippen LogP contribution >= 0.6 is 28.3 Å². The van der Waals surface area contributed by atoms with Gasteiger partial charge in [-0.05, 0) is 24.6 Å². The van der Waals surface area contributed by atoms with Crippen LogP contribution < -0.4 is 5.32 Å². The molecular weight excluding hydrogens is 366 g/mol. The van der Waals surface area contributed by atoms with E-state index in [2.05, 4.69) is 57.3 Å². The van der Waals surface area contributed by atoms with Crippen molar-refractivity contribution in [1.29, 1.82) is 0 Å². The molecule has 0 bridgehead atoms. The third-order valence-corrected chi connectivity index (χ3v) is 5.19. The molecule has 2 aliphatic heterocycles. The van der Waals surface area contributed by atoms with Crippen molar-refractivity contribution in [2.45, 2.75) is 13.0 Å². The number of piperazine rings is 1. The van der Waals surface area contributed by atoms with Crippen LogP contribution in [-0.2, 0) is 4.79 Å². The van der Waals surface area contributed by atoms with E-state index in [-0.39, 0.29) is 18.3 Å². The minimum atomic E-state index is 0. The molecule has 2 fully saturated rings. The molecule has 1 N–H and O–H groups in total. The molecule has 1 atom stereocenters. The average Bonchev–Trinajstić information content (AvgIpc) is 2.46. The summed E-state index contributed by atoms with van der Waals surface area (Å²) in [6.07, 6.45) is 0. The van der Waals surface area contributed by atoms with Gasteiger partial charge >= 0.3 is 0 Å². The van der Waals surface area contributed by atoms with Crippen molar-refractivity contribution in [2.24, 2.45) is 5.92 Å². The number of nitrogens with zero attached hydrogens (tertiary/aromatic N) is 2. The van der Waals surface area contributed by atoms with E-state index in [1.807, 2.05) is 4.90 Å². The second-order valence-corrected chi connectivity index (χ2v) is 6.86. The highest BCUT2D eigenvalue weighted by Crippen LogP contribution is 2.23. The third-order valence-electron chi connectivity index (χ3n) is 4.66. The van der Waals surface area contributed by atoms with Gasteiger partial charge < -0.3 is 10.2 Å². The summed E-state index contributed by atoms with van der Waals surface area (Å²) >= 11 is 3.48. The van der Waals surface area contributed by atoms with E-state index in [1.165, 1.54) is 5.56 Å². The molecule has 0 radical (unpaired) electrons. The summed E-state index contributed by atoms with van der Waals surface area (Å²) in [5.74, 6) is 0.560. The topological polar surface area (TPSA) is 35.6 Å². The van der Waals surface area contributed by atoms with Crippen LogP contribution in [0.4, 0.5) is 0 Å². The van der Waals surface area contributed by atoms with Crippen LogP contribution in [0.1, 0.15) is 18.5 Å². The zero-order valence-electron chi connectivity index (χ0n) is 12.8. The molecule has 6 heteroatoms. The Morgan fingerprint density at radius 2 is 1.77 bits per heavy atom.